The van der Waals surface area contributed by atoms with Crippen molar-refractivity contribution in [3.05, 3.63) is 60.4 Å². The van der Waals surface area contributed by atoms with Crippen LogP contribution in [-0.4, -0.2) is 25.2 Å². The molecular weight excluding hydrogens is 302 g/mol. The van der Waals surface area contributed by atoms with Gasteiger partial charge in [-0.05, 0) is 54.3 Å². The Hall–Kier alpha value is -2.59. The Morgan fingerprint density at radius 3 is 2.71 bits per heavy atom. The van der Waals surface area contributed by atoms with Crippen molar-refractivity contribution in [2.24, 2.45) is 0 Å². The van der Waals surface area contributed by atoms with E-state index in [4.69, 9.17) is 9.15 Å². The van der Waals surface area contributed by atoms with Crippen LogP contribution in [0.4, 0.5) is 0 Å². The zero-order valence-electron chi connectivity index (χ0n) is 13.3. The Bertz CT molecular complexity index is 845. The summed E-state index contributed by atoms with van der Waals surface area (Å²) in [6.07, 6.45) is 3.96. The van der Waals surface area contributed by atoms with Crippen molar-refractivity contribution in [2.75, 3.05) is 13.2 Å². The fourth-order valence-corrected chi connectivity index (χ4v) is 3.07. The molecule has 1 N–H and O–H groups in total. The largest absolute Gasteiger partial charge is 0.464 e. The lowest BCUT2D eigenvalue weighted by Crippen LogP contribution is -2.31. The summed E-state index contributed by atoms with van der Waals surface area (Å²) in [4.78, 5) is 12.2. The minimum atomic E-state index is -0.0534. The van der Waals surface area contributed by atoms with Crippen LogP contribution in [-0.2, 0) is 4.74 Å². The van der Waals surface area contributed by atoms with Gasteiger partial charge in [0.05, 0.1) is 12.4 Å². The van der Waals surface area contributed by atoms with Gasteiger partial charge in [0.25, 0.3) is 5.91 Å². The number of ether oxygens (including phenoxy) is 1. The molecule has 2 aromatic carbocycles. The summed E-state index contributed by atoms with van der Waals surface area (Å²) >= 11 is 0. The fourth-order valence-electron chi connectivity index (χ4n) is 3.07. The summed E-state index contributed by atoms with van der Waals surface area (Å²) in [5, 5.41) is 4.02. The predicted molar refractivity (Wildman–Crippen MR) is 93.0 cm³/mol. The topological polar surface area (TPSA) is 51.5 Å². The summed E-state index contributed by atoms with van der Waals surface area (Å²) in [7, 11) is 0. The molecule has 0 saturated carbocycles. The molecule has 0 spiro atoms. The molecule has 0 radical (unpaired) electrons. The van der Waals surface area contributed by atoms with Gasteiger partial charge in [0, 0.05) is 24.1 Å². The first-order valence-electron chi connectivity index (χ1n) is 8.27. The maximum atomic E-state index is 12.2. The van der Waals surface area contributed by atoms with Gasteiger partial charge >= 0.3 is 0 Å². The van der Waals surface area contributed by atoms with E-state index in [-0.39, 0.29) is 12.0 Å². The number of carbonyl (C=O) groups is 1. The highest BCUT2D eigenvalue weighted by Gasteiger charge is 2.16. The van der Waals surface area contributed by atoms with Crippen molar-refractivity contribution in [3.8, 4) is 11.1 Å². The van der Waals surface area contributed by atoms with Gasteiger partial charge in [0.15, 0.2) is 0 Å². The first-order valence-corrected chi connectivity index (χ1v) is 8.27. The summed E-state index contributed by atoms with van der Waals surface area (Å²) < 4.78 is 10.9. The third kappa shape index (κ3) is 3.05. The van der Waals surface area contributed by atoms with Gasteiger partial charge in [-0.2, -0.15) is 0 Å². The van der Waals surface area contributed by atoms with Crippen LogP contribution in [0.1, 0.15) is 23.2 Å². The van der Waals surface area contributed by atoms with E-state index in [1.165, 1.54) is 0 Å². The quantitative estimate of drug-likeness (QED) is 0.790. The molecule has 122 valence electrons. The van der Waals surface area contributed by atoms with Crippen LogP contribution in [0, 0.1) is 0 Å². The highest BCUT2D eigenvalue weighted by atomic mass is 16.5. The van der Waals surface area contributed by atoms with Gasteiger partial charge < -0.3 is 14.5 Å². The molecule has 1 aliphatic rings. The zero-order chi connectivity index (χ0) is 16.4. The zero-order valence-corrected chi connectivity index (χ0v) is 13.3. The van der Waals surface area contributed by atoms with E-state index in [0.717, 1.165) is 41.5 Å². The van der Waals surface area contributed by atoms with Crippen LogP contribution in [0.25, 0.3) is 22.1 Å². The number of nitrogens with one attached hydrogen (secondary N) is 1. The summed E-state index contributed by atoms with van der Waals surface area (Å²) in [6, 6.07) is 15.7. The second kappa shape index (κ2) is 6.49. The summed E-state index contributed by atoms with van der Waals surface area (Å²) in [5.74, 6) is -0.0534. The molecule has 24 heavy (non-hydrogen) atoms. The monoisotopic (exact) mass is 321 g/mol. The number of hydrogen-bond donors (Lipinski definition) is 1. The van der Waals surface area contributed by atoms with E-state index < -0.39 is 0 Å². The van der Waals surface area contributed by atoms with Gasteiger partial charge in [-0.1, -0.05) is 18.2 Å². The molecule has 1 aliphatic heterocycles. The summed E-state index contributed by atoms with van der Waals surface area (Å²) in [5.41, 5.74) is 3.73. The highest BCUT2D eigenvalue weighted by molar-refractivity contribution is 5.94. The number of benzene rings is 2. The van der Waals surface area contributed by atoms with Crippen molar-refractivity contribution in [1.82, 2.24) is 5.32 Å². The van der Waals surface area contributed by atoms with Crippen LogP contribution in [0.2, 0.25) is 0 Å². The average molecular weight is 321 g/mol. The third-order valence-electron chi connectivity index (χ3n) is 4.45. The fraction of sp³-hybridized carbons (Fsp3) is 0.250. The molecule has 4 heteroatoms. The number of furan rings is 1. The van der Waals surface area contributed by atoms with Crippen molar-refractivity contribution in [3.63, 3.8) is 0 Å². The van der Waals surface area contributed by atoms with E-state index in [0.29, 0.717) is 12.1 Å². The molecule has 1 fully saturated rings. The molecule has 1 amide bonds. The van der Waals surface area contributed by atoms with E-state index in [1.807, 2.05) is 42.5 Å². The first-order chi connectivity index (χ1) is 11.8. The molecule has 1 atom stereocenters. The van der Waals surface area contributed by atoms with Gasteiger partial charge in [0.1, 0.15) is 5.58 Å². The van der Waals surface area contributed by atoms with E-state index in [2.05, 4.69) is 11.4 Å². The summed E-state index contributed by atoms with van der Waals surface area (Å²) in [6.45, 7) is 1.38. The molecular formula is C20H19NO3. The lowest BCUT2D eigenvalue weighted by Gasteiger charge is -2.11. The standard InChI is InChI=1S/C20H19NO3/c22-20(21-13-18-2-1-10-23-18)15-5-3-14(4-6-15)16-7-8-19-17(12-16)9-11-24-19/h3-9,11-12,18H,1-2,10,13H2,(H,21,22)/t18-/m0/s1. The van der Waals surface area contributed by atoms with E-state index in [1.54, 1.807) is 6.26 Å². The Morgan fingerprint density at radius 2 is 1.92 bits per heavy atom. The average Bonchev–Trinajstić information content (AvgIpc) is 3.30. The molecule has 1 aromatic heterocycles. The van der Waals surface area contributed by atoms with Gasteiger partial charge in [0.2, 0.25) is 0 Å². The Balaban J connectivity index is 1.46. The van der Waals surface area contributed by atoms with Crippen LogP contribution >= 0.6 is 0 Å². The highest BCUT2D eigenvalue weighted by Crippen LogP contribution is 2.25. The normalized spacial score (nSPS) is 17.2. The lowest BCUT2D eigenvalue weighted by atomic mass is 10.0. The van der Waals surface area contributed by atoms with Gasteiger partial charge in [-0.3, -0.25) is 4.79 Å². The Labute approximate surface area is 140 Å². The number of fused-ring (bicyclic) bond motifs is 1. The molecule has 1 saturated heterocycles. The Kier molecular flexibility index (Phi) is 4.05. The predicted octanol–water partition coefficient (Wildman–Crippen LogP) is 4.01. The van der Waals surface area contributed by atoms with Gasteiger partial charge in [-0.15, -0.1) is 0 Å². The van der Waals surface area contributed by atoms with E-state index in [9.17, 15) is 4.79 Å². The van der Waals surface area contributed by atoms with E-state index >= 15 is 0 Å². The molecule has 2 heterocycles. The molecule has 3 aromatic rings. The molecule has 4 rings (SSSR count). The molecule has 0 unspecified atom stereocenters. The van der Waals surface area contributed by atoms with Crippen LogP contribution in [0.5, 0.6) is 0 Å². The maximum absolute atomic E-state index is 12.2. The number of hydrogen-bond acceptors (Lipinski definition) is 3. The minimum Gasteiger partial charge on any atom is -0.464 e. The molecule has 4 nitrogen and oxygen atoms in total. The van der Waals surface area contributed by atoms with Gasteiger partial charge in [-0.25, -0.2) is 0 Å². The van der Waals surface area contributed by atoms with Crippen molar-refractivity contribution >= 4 is 16.9 Å². The second-order valence-electron chi connectivity index (χ2n) is 6.10. The van der Waals surface area contributed by atoms with Crippen molar-refractivity contribution in [1.29, 1.82) is 0 Å². The van der Waals surface area contributed by atoms with Crippen LogP contribution in [0.3, 0.4) is 0 Å². The number of carbonyl (C=O) groups excluding carboxylic acids is 1. The Morgan fingerprint density at radius 1 is 1.08 bits per heavy atom. The molecule has 0 aliphatic carbocycles. The first kappa shape index (κ1) is 15.0. The van der Waals surface area contributed by atoms with Crippen molar-refractivity contribution < 1.29 is 13.9 Å². The maximum Gasteiger partial charge on any atom is 0.251 e. The third-order valence-corrected chi connectivity index (χ3v) is 4.45. The van der Waals surface area contributed by atoms with Crippen LogP contribution < -0.4 is 5.32 Å². The smallest absolute Gasteiger partial charge is 0.251 e. The van der Waals surface area contributed by atoms with Crippen molar-refractivity contribution in [2.45, 2.75) is 18.9 Å². The second-order valence-corrected chi connectivity index (χ2v) is 6.10. The lowest BCUT2D eigenvalue weighted by molar-refractivity contribution is 0.0858. The number of amides is 1. The SMILES string of the molecule is O=C(NC[C@@H]1CCCO1)c1ccc(-c2ccc3occc3c2)cc1. The van der Waals surface area contributed by atoms with Crippen LogP contribution in [0.15, 0.2) is 59.2 Å². The minimum absolute atomic E-state index is 0.0534. The number of rotatable bonds is 4. The molecule has 0 bridgehead atoms.